The number of rotatable bonds is 3. The molecule has 204 valence electrons. The number of para-hydroxylation sites is 1. The highest BCUT2D eigenvalue weighted by Crippen LogP contribution is 2.49. The van der Waals surface area contributed by atoms with Gasteiger partial charge in [0.2, 0.25) is 0 Å². The zero-order valence-corrected chi connectivity index (χ0v) is 26.3. The minimum Gasteiger partial charge on any atom is -0.507 e. The van der Waals surface area contributed by atoms with Gasteiger partial charge >= 0.3 is 0 Å². The van der Waals surface area contributed by atoms with E-state index in [4.69, 9.17) is 23.2 Å². The zero-order chi connectivity index (χ0) is 28.3. The molecule has 0 fully saturated rings. The number of phenols is 2. The first-order chi connectivity index (χ1) is 16.1. The van der Waals surface area contributed by atoms with Gasteiger partial charge < -0.3 is 10.2 Å². The molecule has 2 nitrogen and oxygen atoms in total. The van der Waals surface area contributed by atoms with E-state index < -0.39 is 0 Å². The van der Waals surface area contributed by atoms with Gasteiger partial charge in [0.1, 0.15) is 11.5 Å². The molecular weight excluding hydrogens is 487 g/mol. The Bertz CT molecular complexity index is 988. The van der Waals surface area contributed by atoms with Gasteiger partial charge in [0.25, 0.3) is 0 Å². The summed E-state index contributed by atoms with van der Waals surface area (Å²) in [5.74, 6) is 0.895. The molecule has 0 radical (unpaired) electrons. The Morgan fingerprint density at radius 2 is 1.14 bits per heavy atom. The lowest BCUT2D eigenvalue weighted by Crippen LogP contribution is -2.34. The highest BCUT2D eigenvalue weighted by atomic mass is 35.5. The van der Waals surface area contributed by atoms with Crippen LogP contribution in [0.1, 0.15) is 114 Å². The molecule has 0 spiro atoms. The van der Waals surface area contributed by atoms with E-state index in [0.29, 0.717) is 11.5 Å². The van der Waals surface area contributed by atoms with Crippen molar-refractivity contribution >= 4 is 23.2 Å². The molecule has 0 unspecified atom stereocenters. The Hall–Kier alpha value is -1.38. The second-order valence-corrected chi connectivity index (χ2v) is 15.1. The monoisotopic (exact) mass is 536 g/mol. The van der Waals surface area contributed by atoms with Crippen molar-refractivity contribution in [2.45, 2.75) is 129 Å². The van der Waals surface area contributed by atoms with E-state index in [1.807, 2.05) is 66.7 Å². The number of hydrogen-bond donors (Lipinski definition) is 2. The van der Waals surface area contributed by atoms with E-state index in [-0.39, 0.29) is 20.6 Å². The number of alkyl halides is 2. The van der Waals surface area contributed by atoms with Crippen molar-refractivity contribution < 1.29 is 10.2 Å². The highest BCUT2D eigenvalue weighted by Gasteiger charge is 2.39. The topological polar surface area (TPSA) is 40.5 Å². The summed E-state index contributed by atoms with van der Waals surface area (Å²) in [6.45, 7) is 25.1. The Balaban J connectivity index is 0.000000293. The molecule has 0 saturated heterocycles. The van der Waals surface area contributed by atoms with Crippen LogP contribution in [0, 0.1) is 27.7 Å². The van der Waals surface area contributed by atoms with Crippen LogP contribution in [0.15, 0.2) is 24.3 Å². The fourth-order valence-corrected chi connectivity index (χ4v) is 4.85. The van der Waals surface area contributed by atoms with Crippen molar-refractivity contribution in [1.29, 1.82) is 0 Å². The first-order valence-electron chi connectivity index (χ1n) is 13.1. The standard InChI is InChI=1S/C16H24O.C8H16Cl2.C8H10O/c1-10-9-12-13(11(2)14(10)17)16(5,6)8-7-15(12,3)4;1-7(2,9)5-6-8(3,4)10;1-6-4-3-5-7(2)8(6)9/h9,17H,7-8H2,1-6H3;5-6H2,1-4H3;3-5,9H,1-2H3. The molecule has 2 N–H and O–H groups in total. The van der Waals surface area contributed by atoms with Gasteiger partial charge in [-0.3, -0.25) is 0 Å². The molecule has 1 aliphatic rings. The first kappa shape index (κ1) is 32.6. The second kappa shape index (κ2) is 12.0. The summed E-state index contributed by atoms with van der Waals surface area (Å²) in [5.41, 5.74) is 7.18. The van der Waals surface area contributed by atoms with Gasteiger partial charge in [-0.05, 0) is 125 Å². The molecule has 3 rings (SSSR count). The molecule has 1 aliphatic carbocycles. The normalized spacial score (nSPS) is 16.2. The summed E-state index contributed by atoms with van der Waals surface area (Å²) < 4.78 is 0. The van der Waals surface area contributed by atoms with Crippen LogP contribution in [0.5, 0.6) is 11.5 Å². The Kier molecular flexibility index (Phi) is 10.9. The number of aromatic hydroxyl groups is 2. The van der Waals surface area contributed by atoms with Gasteiger partial charge in [-0.15, -0.1) is 23.2 Å². The first-order valence-corrected chi connectivity index (χ1v) is 13.8. The number of benzene rings is 2. The van der Waals surface area contributed by atoms with Crippen LogP contribution in [-0.2, 0) is 10.8 Å². The number of fused-ring (bicyclic) bond motifs is 1. The minimum absolute atomic E-state index is 0.105. The van der Waals surface area contributed by atoms with Crippen LogP contribution >= 0.6 is 23.2 Å². The molecule has 0 atom stereocenters. The molecule has 0 amide bonds. The number of halogens is 2. The van der Waals surface area contributed by atoms with Gasteiger partial charge in [0, 0.05) is 9.75 Å². The molecule has 2 aromatic carbocycles. The van der Waals surface area contributed by atoms with Crippen molar-refractivity contribution in [2.75, 3.05) is 0 Å². The van der Waals surface area contributed by atoms with Crippen LogP contribution in [-0.4, -0.2) is 20.0 Å². The summed E-state index contributed by atoms with van der Waals surface area (Å²) in [6, 6.07) is 7.91. The summed E-state index contributed by atoms with van der Waals surface area (Å²) in [5, 5.41) is 19.4. The summed E-state index contributed by atoms with van der Waals surface area (Å²) >= 11 is 12.0. The molecule has 0 heterocycles. The Morgan fingerprint density at radius 1 is 0.722 bits per heavy atom. The van der Waals surface area contributed by atoms with E-state index in [2.05, 4.69) is 40.7 Å². The average molecular weight is 538 g/mol. The van der Waals surface area contributed by atoms with Crippen molar-refractivity contribution in [3.63, 3.8) is 0 Å². The van der Waals surface area contributed by atoms with Gasteiger partial charge in [0.15, 0.2) is 0 Å². The van der Waals surface area contributed by atoms with Crippen molar-refractivity contribution in [2.24, 2.45) is 0 Å². The lowest BCUT2D eigenvalue weighted by molar-refractivity contribution is 0.327. The molecule has 0 aliphatic heterocycles. The molecule has 4 heteroatoms. The lowest BCUT2D eigenvalue weighted by atomic mass is 9.61. The fourth-order valence-electron chi connectivity index (χ4n) is 4.66. The smallest absolute Gasteiger partial charge is 0.121 e. The molecule has 0 bridgehead atoms. The third-order valence-electron chi connectivity index (χ3n) is 7.27. The maximum Gasteiger partial charge on any atom is 0.121 e. The molecule has 0 aromatic heterocycles. The van der Waals surface area contributed by atoms with E-state index in [0.717, 1.165) is 35.1 Å². The number of hydrogen-bond acceptors (Lipinski definition) is 2. The fraction of sp³-hybridized carbons (Fsp3) is 0.625. The summed E-state index contributed by atoms with van der Waals surface area (Å²) in [4.78, 5) is -0.210. The highest BCUT2D eigenvalue weighted by molar-refractivity contribution is 6.24. The third-order valence-corrected chi connectivity index (χ3v) is 7.65. The van der Waals surface area contributed by atoms with Gasteiger partial charge in [-0.2, -0.15) is 0 Å². The Labute approximate surface area is 231 Å². The minimum atomic E-state index is -0.105. The van der Waals surface area contributed by atoms with Crippen LogP contribution in [0.4, 0.5) is 0 Å². The van der Waals surface area contributed by atoms with Crippen LogP contribution < -0.4 is 0 Å². The van der Waals surface area contributed by atoms with E-state index in [9.17, 15) is 10.2 Å². The maximum absolute atomic E-state index is 10.2. The number of aryl methyl sites for hydroxylation is 3. The van der Waals surface area contributed by atoms with Crippen molar-refractivity contribution in [1.82, 2.24) is 0 Å². The van der Waals surface area contributed by atoms with E-state index >= 15 is 0 Å². The van der Waals surface area contributed by atoms with Crippen LogP contribution in [0.2, 0.25) is 0 Å². The molecule has 0 saturated carbocycles. The quantitative estimate of drug-likeness (QED) is 0.383. The molecule has 2 aromatic rings. The average Bonchev–Trinajstić information content (AvgIpc) is 2.72. The number of phenolic OH excluding ortho intramolecular Hbond substituents is 2. The van der Waals surface area contributed by atoms with Crippen LogP contribution in [0.3, 0.4) is 0 Å². The van der Waals surface area contributed by atoms with E-state index in [1.54, 1.807) is 0 Å². The summed E-state index contributed by atoms with van der Waals surface area (Å²) in [7, 11) is 0. The van der Waals surface area contributed by atoms with Crippen molar-refractivity contribution in [3.05, 3.63) is 57.6 Å². The second-order valence-electron chi connectivity index (χ2n) is 13.0. The van der Waals surface area contributed by atoms with Crippen molar-refractivity contribution in [3.8, 4) is 11.5 Å². The predicted octanol–water partition coefficient (Wildman–Crippen LogP) is 10.2. The maximum atomic E-state index is 10.2. The van der Waals surface area contributed by atoms with Crippen LogP contribution in [0.25, 0.3) is 0 Å². The SMILES string of the molecule is CC(C)(Cl)CCC(C)(C)Cl.Cc1cc2c(c(C)c1O)C(C)(C)CCC2(C)C.Cc1cccc(C)c1O. The van der Waals surface area contributed by atoms with Gasteiger partial charge in [-0.25, -0.2) is 0 Å². The lowest BCUT2D eigenvalue weighted by Gasteiger charge is -2.43. The van der Waals surface area contributed by atoms with E-state index in [1.165, 1.54) is 24.0 Å². The molecular formula is C32H50Cl2O2. The van der Waals surface area contributed by atoms with Gasteiger partial charge in [0.05, 0.1) is 0 Å². The van der Waals surface area contributed by atoms with Gasteiger partial charge in [-0.1, -0.05) is 52.0 Å². The Morgan fingerprint density at radius 3 is 1.53 bits per heavy atom. The third kappa shape index (κ3) is 9.49. The summed E-state index contributed by atoms with van der Waals surface area (Å²) in [6.07, 6.45) is 4.34. The predicted molar refractivity (Wildman–Crippen MR) is 160 cm³/mol. The molecule has 36 heavy (non-hydrogen) atoms. The largest absolute Gasteiger partial charge is 0.507 e. The zero-order valence-electron chi connectivity index (χ0n) is 24.8.